The third kappa shape index (κ3) is 2.68. The second-order valence-corrected chi connectivity index (χ2v) is 4.36. The van der Waals surface area contributed by atoms with Crippen LogP contribution in [0.5, 0.6) is 0 Å². The molecule has 6 heteroatoms. The Bertz CT molecular complexity index is 417. The molecule has 1 N–H and O–H groups in total. The maximum atomic E-state index is 11.0. The SMILES string of the molecule is O=[N+]([O-])c1c(Cl)cccc1N1CCCNCC1. The average Bonchev–Trinajstić information content (AvgIpc) is 2.56. The van der Waals surface area contributed by atoms with Gasteiger partial charge in [0.15, 0.2) is 0 Å². The van der Waals surface area contributed by atoms with Gasteiger partial charge >= 0.3 is 5.69 Å². The van der Waals surface area contributed by atoms with Crippen LogP contribution in [0.25, 0.3) is 0 Å². The average molecular weight is 256 g/mol. The standard InChI is InChI=1S/C11H14ClN3O2/c12-9-3-1-4-10(11(9)15(16)17)14-7-2-5-13-6-8-14/h1,3-4,13H,2,5-8H2. The van der Waals surface area contributed by atoms with Gasteiger partial charge < -0.3 is 10.2 Å². The lowest BCUT2D eigenvalue weighted by atomic mass is 10.2. The van der Waals surface area contributed by atoms with Crippen LogP contribution in [-0.2, 0) is 0 Å². The lowest BCUT2D eigenvalue weighted by Crippen LogP contribution is -2.28. The van der Waals surface area contributed by atoms with Crippen LogP contribution in [0, 0.1) is 10.1 Å². The lowest BCUT2D eigenvalue weighted by molar-refractivity contribution is -0.384. The van der Waals surface area contributed by atoms with Gasteiger partial charge in [0.1, 0.15) is 10.7 Å². The molecule has 0 amide bonds. The fourth-order valence-corrected chi connectivity index (χ4v) is 2.27. The second-order valence-electron chi connectivity index (χ2n) is 3.96. The molecule has 0 atom stereocenters. The van der Waals surface area contributed by atoms with Crippen molar-refractivity contribution in [1.29, 1.82) is 0 Å². The van der Waals surface area contributed by atoms with E-state index in [1.54, 1.807) is 18.2 Å². The van der Waals surface area contributed by atoms with Crippen molar-refractivity contribution in [2.24, 2.45) is 0 Å². The van der Waals surface area contributed by atoms with E-state index in [-0.39, 0.29) is 10.7 Å². The number of nitro groups is 1. The maximum absolute atomic E-state index is 11.0. The summed E-state index contributed by atoms with van der Waals surface area (Å²) >= 11 is 5.90. The first kappa shape index (κ1) is 12.1. The van der Waals surface area contributed by atoms with Gasteiger partial charge in [-0.2, -0.15) is 0 Å². The highest BCUT2D eigenvalue weighted by Crippen LogP contribution is 2.35. The summed E-state index contributed by atoms with van der Waals surface area (Å²) < 4.78 is 0. The molecule has 0 aromatic heterocycles. The van der Waals surface area contributed by atoms with E-state index in [1.165, 1.54) is 0 Å². The van der Waals surface area contributed by atoms with Gasteiger partial charge in [0.25, 0.3) is 0 Å². The second kappa shape index (κ2) is 5.33. The van der Waals surface area contributed by atoms with Crippen LogP contribution >= 0.6 is 11.6 Å². The van der Waals surface area contributed by atoms with Crippen molar-refractivity contribution in [2.45, 2.75) is 6.42 Å². The van der Waals surface area contributed by atoms with Crippen LogP contribution in [-0.4, -0.2) is 31.1 Å². The normalized spacial score (nSPS) is 16.6. The van der Waals surface area contributed by atoms with E-state index in [2.05, 4.69) is 5.32 Å². The Balaban J connectivity index is 2.36. The predicted molar refractivity (Wildman–Crippen MR) is 67.8 cm³/mol. The molecular formula is C11H14ClN3O2. The summed E-state index contributed by atoms with van der Waals surface area (Å²) in [6, 6.07) is 5.07. The van der Waals surface area contributed by atoms with Gasteiger partial charge in [-0.25, -0.2) is 0 Å². The lowest BCUT2D eigenvalue weighted by Gasteiger charge is -2.22. The first-order valence-corrected chi connectivity index (χ1v) is 5.96. The number of halogens is 1. The molecule has 1 heterocycles. The highest BCUT2D eigenvalue weighted by Gasteiger charge is 2.23. The topological polar surface area (TPSA) is 58.4 Å². The zero-order chi connectivity index (χ0) is 12.3. The molecule has 1 fully saturated rings. The number of nitrogens with one attached hydrogen (secondary N) is 1. The van der Waals surface area contributed by atoms with Crippen LogP contribution in [0.2, 0.25) is 5.02 Å². The van der Waals surface area contributed by atoms with Crippen LogP contribution in [0.4, 0.5) is 11.4 Å². The first-order chi connectivity index (χ1) is 8.20. The zero-order valence-corrected chi connectivity index (χ0v) is 10.1. The largest absolute Gasteiger partial charge is 0.365 e. The number of hydrogen-bond acceptors (Lipinski definition) is 4. The van der Waals surface area contributed by atoms with E-state index < -0.39 is 4.92 Å². The Morgan fingerprint density at radius 3 is 2.94 bits per heavy atom. The monoisotopic (exact) mass is 255 g/mol. The molecule has 0 spiro atoms. The predicted octanol–water partition coefficient (Wildman–Crippen LogP) is 2.05. The molecule has 2 rings (SSSR count). The molecule has 0 unspecified atom stereocenters. The minimum Gasteiger partial charge on any atom is -0.365 e. The number of nitrogens with zero attached hydrogens (tertiary/aromatic N) is 2. The van der Waals surface area contributed by atoms with Crippen molar-refractivity contribution >= 4 is 23.0 Å². The zero-order valence-electron chi connectivity index (χ0n) is 9.36. The fraction of sp³-hybridized carbons (Fsp3) is 0.455. The number of rotatable bonds is 2. The van der Waals surface area contributed by atoms with Gasteiger partial charge in [0, 0.05) is 19.6 Å². The van der Waals surface area contributed by atoms with E-state index >= 15 is 0 Å². The first-order valence-electron chi connectivity index (χ1n) is 5.58. The summed E-state index contributed by atoms with van der Waals surface area (Å²) in [7, 11) is 0. The van der Waals surface area contributed by atoms with Gasteiger partial charge in [0.05, 0.1) is 4.92 Å². The third-order valence-electron chi connectivity index (χ3n) is 2.83. The Morgan fingerprint density at radius 1 is 1.35 bits per heavy atom. The summed E-state index contributed by atoms with van der Waals surface area (Å²) in [6.45, 7) is 3.36. The smallest absolute Gasteiger partial charge is 0.310 e. The minimum absolute atomic E-state index is 0.0102. The molecule has 0 radical (unpaired) electrons. The molecule has 0 aliphatic carbocycles. The highest BCUT2D eigenvalue weighted by molar-refractivity contribution is 6.33. The van der Waals surface area contributed by atoms with Gasteiger partial charge in [-0.1, -0.05) is 17.7 Å². The van der Waals surface area contributed by atoms with Crippen LogP contribution in [0.1, 0.15) is 6.42 Å². The third-order valence-corrected chi connectivity index (χ3v) is 3.13. The van der Waals surface area contributed by atoms with Crippen molar-refractivity contribution < 1.29 is 4.92 Å². The van der Waals surface area contributed by atoms with E-state index in [4.69, 9.17) is 11.6 Å². The van der Waals surface area contributed by atoms with E-state index in [1.807, 2.05) is 4.90 Å². The van der Waals surface area contributed by atoms with E-state index in [0.717, 1.165) is 32.6 Å². The van der Waals surface area contributed by atoms with Crippen molar-refractivity contribution in [1.82, 2.24) is 5.32 Å². The van der Waals surface area contributed by atoms with Crippen molar-refractivity contribution in [3.63, 3.8) is 0 Å². The van der Waals surface area contributed by atoms with Crippen LogP contribution in [0.3, 0.4) is 0 Å². The Hall–Kier alpha value is -1.33. The number of benzene rings is 1. The highest BCUT2D eigenvalue weighted by atomic mass is 35.5. The van der Waals surface area contributed by atoms with Gasteiger partial charge in [-0.15, -0.1) is 0 Å². The molecule has 5 nitrogen and oxygen atoms in total. The quantitative estimate of drug-likeness (QED) is 0.649. The molecule has 1 saturated heterocycles. The van der Waals surface area contributed by atoms with Crippen molar-refractivity contribution in [3.05, 3.63) is 33.3 Å². The van der Waals surface area contributed by atoms with Gasteiger partial charge in [-0.05, 0) is 25.1 Å². The molecule has 1 aliphatic heterocycles. The molecule has 0 saturated carbocycles. The molecule has 1 aromatic carbocycles. The summed E-state index contributed by atoms with van der Waals surface area (Å²) in [4.78, 5) is 12.7. The molecule has 1 aromatic rings. The summed E-state index contributed by atoms with van der Waals surface area (Å²) in [6.07, 6.45) is 0.976. The van der Waals surface area contributed by atoms with Gasteiger partial charge in [-0.3, -0.25) is 10.1 Å². The number of hydrogen-bond donors (Lipinski definition) is 1. The number of para-hydroxylation sites is 1. The molecule has 92 valence electrons. The van der Waals surface area contributed by atoms with Crippen LogP contribution < -0.4 is 10.2 Å². The molecular weight excluding hydrogens is 242 g/mol. The van der Waals surface area contributed by atoms with E-state index in [9.17, 15) is 10.1 Å². The van der Waals surface area contributed by atoms with Gasteiger partial charge in [0.2, 0.25) is 0 Å². The molecule has 1 aliphatic rings. The number of nitro benzene ring substituents is 1. The Morgan fingerprint density at radius 2 is 2.18 bits per heavy atom. The fourth-order valence-electron chi connectivity index (χ4n) is 2.03. The van der Waals surface area contributed by atoms with Crippen molar-refractivity contribution in [2.75, 3.05) is 31.1 Å². The summed E-state index contributed by atoms with van der Waals surface area (Å²) in [5, 5.41) is 14.5. The minimum atomic E-state index is -0.407. The molecule has 0 bridgehead atoms. The Kier molecular flexibility index (Phi) is 3.81. The summed E-state index contributed by atoms with van der Waals surface area (Å²) in [5.74, 6) is 0. The number of anilines is 1. The van der Waals surface area contributed by atoms with Crippen molar-refractivity contribution in [3.8, 4) is 0 Å². The maximum Gasteiger partial charge on any atom is 0.310 e. The Labute approximate surface area is 105 Å². The van der Waals surface area contributed by atoms with Crippen LogP contribution in [0.15, 0.2) is 18.2 Å². The summed E-state index contributed by atoms with van der Waals surface area (Å²) in [5.41, 5.74) is 0.627. The van der Waals surface area contributed by atoms with E-state index in [0.29, 0.717) is 5.69 Å². The molecule has 17 heavy (non-hydrogen) atoms.